The van der Waals surface area contributed by atoms with E-state index in [2.05, 4.69) is 10.2 Å². The van der Waals surface area contributed by atoms with E-state index >= 15 is 0 Å². The van der Waals surface area contributed by atoms with E-state index in [-0.39, 0.29) is 17.9 Å². The van der Waals surface area contributed by atoms with Crippen LogP contribution in [-0.4, -0.2) is 37.7 Å². The summed E-state index contributed by atoms with van der Waals surface area (Å²) in [5, 5.41) is 8.38. The number of ether oxygens (including phenoxy) is 2. The summed E-state index contributed by atoms with van der Waals surface area (Å²) in [4.78, 5) is 24.0. The SMILES string of the molecule is CCOC(=O)C1CCCCCCCC(C(=O)OCC)N=NCCCC1. The average Bonchev–Trinajstić information content (AvgIpc) is 2.60. The number of carbonyl (C=O) groups is 2. The number of hydrogen-bond donors (Lipinski definition) is 0. The average molecular weight is 354 g/mol. The highest BCUT2D eigenvalue weighted by Gasteiger charge is 2.20. The Labute approximate surface area is 151 Å². The van der Waals surface area contributed by atoms with Gasteiger partial charge >= 0.3 is 11.9 Å². The first-order valence-electron chi connectivity index (χ1n) is 9.88. The largest absolute Gasteiger partial charge is 0.466 e. The molecule has 0 aliphatic carbocycles. The van der Waals surface area contributed by atoms with E-state index in [1.54, 1.807) is 0 Å². The Morgan fingerprint density at radius 3 is 2.04 bits per heavy atom. The van der Waals surface area contributed by atoms with Gasteiger partial charge in [0.25, 0.3) is 0 Å². The van der Waals surface area contributed by atoms with E-state index in [1.807, 2.05) is 13.8 Å². The molecule has 144 valence electrons. The minimum atomic E-state index is -0.461. The van der Waals surface area contributed by atoms with Crippen LogP contribution >= 0.6 is 0 Å². The molecule has 0 aromatic carbocycles. The molecule has 0 amide bonds. The van der Waals surface area contributed by atoms with Gasteiger partial charge in [-0.05, 0) is 39.5 Å². The van der Waals surface area contributed by atoms with E-state index in [1.165, 1.54) is 0 Å². The molecule has 0 radical (unpaired) electrons. The highest BCUT2D eigenvalue weighted by Crippen LogP contribution is 2.20. The van der Waals surface area contributed by atoms with Crippen molar-refractivity contribution in [2.24, 2.45) is 16.1 Å². The van der Waals surface area contributed by atoms with Crippen molar-refractivity contribution in [2.45, 2.75) is 84.1 Å². The molecule has 6 heteroatoms. The lowest BCUT2D eigenvalue weighted by Crippen LogP contribution is -2.21. The predicted molar refractivity (Wildman–Crippen MR) is 96.4 cm³/mol. The highest BCUT2D eigenvalue weighted by molar-refractivity contribution is 5.75. The first kappa shape index (κ1) is 21.6. The maximum absolute atomic E-state index is 12.1. The molecular formula is C19H34N2O4. The molecule has 6 nitrogen and oxygen atoms in total. The van der Waals surface area contributed by atoms with Gasteiger partial charge in [0.1, 0.15) is 0 Å². The second-order valence-electron chi connectivity index (χ2n) is 6.54. The number of hydrogen-bond acceptors (Lipinski definition) is 6. The zero-order chi connectivity index (χ0) is 18.3. The minimum Gasteiger partial charge on any atom is -0.466 e. The molecule has 0 saturated carbocycles. The number of azo groups is 1. The van der Waals surface area contributed by atoms with Crippen LogP contribution in [0.1, 0.15) is 78.1 Å². The van der Waals surface area contributed by atoms with Crippen molar-refractivity contribution in [2.75, 3.05) is 19.8 Å². The normalized spacial score (nSPS) is 23.9. The van der Waals surface area contributed by atoms with Crippen LogP contribution in [-0.2, 0) is 19.1 Å². The number of carbonyl (C=O) groups excluding carboxylic acids is 2. The van der Waals surface area contributed by atoms with Crippen LogP contribution < -0.4 is 0 Å². The van der Waals surface area contributed by atoms with Crippen LogP contribution in [0.5, 0.6) is 0 Å². The molecule has 2 unspecified atom stereocenters. The summed E-state index contributed by atoms with van der Waals surface area (Å²) in [6.45, 7) is 5.07. The van der Waals surface area contributed by atoms with Gasteiger partial charge in [-0.25, -0.2) is 4.79 Å². The van der Waals surface area contributed by atoms with Gasteiger partial charge in [0.2, 0.25) is 0 Å². The monoisotopic (exact) mass is 354 g/mol. The van der Waals surface area contributed by atoms with E-state index in [4.69, 9.17) is 9.47 Å². The topological polar surface area (TPSA) is 77.3 Å². The summed E-state index contributed by atoms with van der Waals surface area (Å²) in [5.74, 6) is -0.317. The molecule has 1 rings (SSSR count). The third-order valence-corrected chi connectivity index (χ3v) is 4.49. The minimum absolute atomic E-state index is 0.00861. The van der Waals surface area contributed by atoms with Crippen LogP contribution in [0.15, 0.2) is 10.2 Å². The van der Waals surface area contributed by atoms with Crippen LogP contribution in [0.3, 0.4) is 0 Å². The smallest absolute Gasteiger partial charge is 0.332 e. The highest BCUT2D eigenvalue weighted by atomic mass is 16.5. The van der Waals surface area contributed by atoms with Crippen molar-refractivity contribution in [3.05, 3.63) is 0 Å². The van der Waals surface area contributed by atoms with Crippen molar-refractivity contribution < 1.29 is 19.1 Å². The molecule has 0 aromatic rings. The molecule has 2 atom stereocenters. The zero-order valence-electron chi connectivity index (χ0n) is 15.9. The molecule has 0 spiro atoms. The molecule has 0 saturated heterocycles. The summed E-state index contributed by atoms with van der Waals surface area (Å²) < 4.78 is 10.3. The summed E-state index contributed by atoms with van der Waals surface area (Å²) in [7, 11) is 0. The van der Waals surface area contributed by atoms with Gasteiger partial charge in [-0.1, -0.05) is 38.5 Å². The van der Waals surface area contributed by atoms with Crippen LogP contribution in [0.25, 0.3) is 0 Å². The Morgan fingerprint density at radius 2 is 1.36 bits per heavy atom. The van der Waals surface area contributed by atoms with E-state index < -0.39 is 6.04 Å². The lowest BCUT2D eigenvalue weighted by atomic mass is 9.95. The fourth-order valence-corrected chi connectivity index (χ4v) is 3.09. The van der Waals surface area contributed by atoms with Gasteiger partial charge in [0, 0.05) is 0 Å². The number of rotatable bonds is 4. The second-order valence-corrected chi connectivity index (χ2v) is 6.54. The molecule has 1 aliphatic heterocycles. The standard InChI is InChI=1S/C19H34N2O4/c1-3-24-18(22)16-12-8-6-5-7-9-14-17(19(23)25-4-2)21-20-15-11-10-13-16/h16-17H,3-15H2,1-2H3. The Kier molecular flexibility index (Phi) is 11.9. The van der Waals surface area contributed by atoms with E-state index in [9.17, 15) is 9.59 Å². The van der Waals surface area contributed by atoms with Gasteiger partial charge in [0.05, 0.1) is 25.7 Å². The summed E-state index contributed by atoms with van der Waals surface area (Å²) >= 11 is 0. The molecule has 25 heavy (non-hydrogen) atoms. The lowest BCUT2D eigenvalue weighted by molar-refractivity contribution is -0.148. The molecule has 0 aromatic heterocycles. The van der Waals surface area contributed by atoms with Gasteiger partial charge < -0.3 is 9.47 Å². The molecular weight excluding hydrogens is 320 g/mol. The summed E-state index contributed by atoms with van der Waals surface area (Å²) in [5.41, 5.74) is 0. The number of esters is 2. The fraction of sp³-hybridized carbons (Fsp3) is 0.895. The maximum atomic E-state index is 12.1. The van der Waals surface area contributed by atoms with Gasteiger partial charge in [-0.2, -0.15) is 10.2 Å². The summed E-state index contributed by atoms with van der Waals surface area (Å²) in [6.07, 6.45) is 9.54. The van der Waals surface area contributed by atoms with E-state index in [0.717, 1.165) is 57.8 Å². The Bertz CT molecular complexity index is 412. The molecule has 0 bridgehead atoms. The third kappa shape index (κ3) is 9.56. The van der Waals surface area contributed by atoms with Gasteiger partial charge in [-0.15, -0.1) is 0 Å². The van der Waals surface area contributed by atoms with Gasteiger partial charge in [-0.3, -0.25) is 4.79 Å². The Hall–Kier alpha value is -1.46. The van der Waals surface area contributed by atoms with Crippen molar-refractivity contribution in [3.8, 4) is 0 Å². The van der Waals surface area contributed by atoms with Crippen LogP contribution in [0.4, 0.5) is 0 Å². The maximum Gasteiger partial charge on any atom is 0.332 e. The quantitative estimate of drug-likeness (QED) is 0.698. The van der Waals surface area contributed by atoms with Crippen LogP contribution in [0.2, 0.25) is 0 Å². The van der Waals surface area contributed by atoms with Crippen molar-refractivity contribution in [1.82, 2.24) is 0 Å². The Morgan fingerprint density at radius 1 is 0.800 bits per heavy atom. The van der Waals surface area contributed by atoms with Gasteiger partial charge in [0.15, 0.2) is 6.04 Å². The predicted octanol–water partition coefficient (Wildman–Crippen LogP) is 4.46. The Balaban J connectivity index is 2.56. The number of nitrogens with zero attached hydrogens (tertiary/aromatic N) is 2. The molecule has 0 fully saturated rings. The van der Waals surface area contributed by atoms with Crippen molar-refractivity contribution in [1.29, 1.82) is 0 Å². The molecule has 0 N–H and O–H groups in total. The summed E-state index contributed by atoms with van der Waals surface area (Å²) in [6, 6.07) is -0.461. The molecule has 1 aliphatic rings. The van der Waals surface area contributed by atoms with Crippen LogP contribution in [0, 0.1) is 5.92 Å². The third-order valence-electron chi connectivity index (χ3n) is 4.49. The van der Waals surface area contributed by atoms with Crippen molar-refractivity contribution >= 4 is 11.9 Å². The van der Waals surface area contributed by atoms with E-state index in [0.29, 0.717) is 26.2 Å². The first-order chi connectivity index (χ1) is 12.2. The fourth-order valence-electron chi connectivity index (χ4n) is 3.09. The second kappa shape index (κ2) is 13.8. The lowest BCUT2D eigenvalue weighted by Gasteiger charge is -2.15. The molecule has 1 heterocycles. The zero-order valence-corrected chi connectivity index (χ0v) is 15.9. The van der Waals surface area contributed by atoms with Crippen molar-refractivity contribution in [3.63, 3.8) is 0 Å². The first-order valence-corrected chi connectivity index (χ1v) is 9.88.